The van der Waals surface area contributed by atoms with Gasteiger partial charge in [0.2, 0.25) is 21.8 Å². The fraction of sp³-hybridized carbons (Fsp3) is 0.429. The molecule has 0 spiro atoms. The number of carbonyl (C=O) groups excluding carboxylic acids is 2. The van der Waals surface area contributed by atoms with E-state index in [2.05, 4.69) is 5.32 Å². The van der Waals surface area contributed by atoms with Crippen LogP contribution in [0, 0.1) is 5.92 Å². The van der Waals surface area contributed by atoms with Crippen molar-refractivity contribution in [3.05, 3.63) is 24.3 Å². The molecule has 1 aliphatic rings. The Morgan fingerprint density at radius 2 is 1.91 bits per heavy atom. The molecule has 3 N–H and O–H groups in total. The maximum absolute atomic E-state index is 12.6. The molecule has 2 rings (SSSR count). The standard InChI is InChI=1S/C14H19N3O4S/c1-10(18)16-12-4-6-13(7-5-12)22(20,21)17-8-2-3-11(9-17)14(15)19/h4-7,11H,2-3,8-9H2,1H3,(H2,15,19)(H,16,18). The van der Waals surface area contributed by atoms with Crippen molar-refractivity contribution in [3.8, 4) is 0 Å². The average Bonchev–Trinajstić information content (AvgIpc) is 2.47. The Morgan fingerprint density at radius 1 is 1.27 bits per heavy atom. The number of nitrogens with one attached hydrogen (secondary N) is 1. The van der Waals surface area contributed by atoms with Crippen molar-refractivity contribution in [2.45, 2.75) is 24.7 Å². The Morgan fingerprint density at radius 3 is 2.45 bits per heavy atom. The Labute approximate surface area is 129 Å². The van der Waals surface area contributed by atoms with Crippen LogP contribution in [0.3, 0.4) is 0 Å². The number of amides is 2. The zero-order valence-electron chi connectivity index (χ0n) is 12.3. The second kappa shape index (κ2) is 6.45. The highest BCUT2D eigenvalue weighted by molar-refractivity contribution is 7.89. The van der Waals surface area contributed by atoms with Crippen LogP contribution in [0.2, 0.25) is 0 Å². The summed E-state index contributed by atoms with van der Waals surface area (Å²) in [5.74, 6) is -1.14. The molecular formula is C14H19N3O4S. The molecule has 1 atom stereocenters. The number of sulfonamides is 1. The molecule has 1 unspecified atom stereocenters. The lowest BCUT2D eigenvalue weighted by Gasteiger charge is -2.30. The zero-order chi connectivity index (χ0) is 16.3. The molecule has 1 aliphatic heterocycles. The summed E-state index contributed by atoms with van der Waals surface area (Å²) in [5.41, 5.74) is 5.80. The van der Waals surface area contributed by atoms with Gasteiger partial charge in [0.15, 0.2) is 0 Å². The molecule has 0 saturated carbocycles. The first-order chi connectivity index (χ1) is 10.3. The Bertz CT molecular complexity index is 670. The van der Waals surface area contributed by atoms with Gasteiger partial charge in [0, 0.05) is 25.7 Å². The second-order valence-electron chi connectivity index (χ2n) is 5.31. The number of nitrogens with two attached hydrogens (primary N) is 1. The first-order valence-corrected chi connectivity index (χ1v) is 8.42. The quantitative estimate of drug-likeness (QED) is 0.841. The predicted molar refractivity (Wildman–Crippen MR) is 81.4 cm³/mol. The monoisotopic (exact) mass is 325 g/mol. The first kappa shape index (κ1) is 16.4. The molecule has 0 bridgehead atoms. The van der Waals surface area contributed by atoms with Crippen LogP contribution in [0.5, 0.6) is 0 Å². The normalized spacial score (nSPS) is 19.6. The molecule has 1 aromatic carbocycles. The third-order valence-electron chi connectivity index (χ3n) is 3.60. The predicted octanol–water partition coefficient (Wildman–Crippen LogP) is 0.531. The number of primary amides is 1. The zero-order valence-corrected chi connectivity index (χ0v) is 13.1. The van der Waals surface area contributed by atoms with Gasteiger partial charge in [-0.05, 0) is 37.1 Å². The van der Waals surface area contributed by atoms with Crippen LogP contribution in [0.4, 0.5) is 5.69 Å². The number of hydrogen-bond donors (Lipinski definition) is 2. The molecule has 1 saturated heterocycles. The summed E-state index contributed by atoms with van der Waals surface area (Å²) >= 11 is 0. The third kappa shape index (κ3) is 3.63. The van der Waals surface area contributed by atoms with Crippen molar-refractivity contribution in [1.82, 2.24) is 4.31 Å². The summed E-state index contributed by atoms with van der Waals surface area (Å²) in [7, 11) is -3.66. The molecule has 7 nitrogen and oxygen atoms in total. The molecule has 0 radical (unpaired) electrons. The van der Waals surface area contributed by atoms with Gasteiger partial charge in [0.25, 0.3) is 0 Å². The molecule has 120 valence electrons. The number of hydrogen-bond acceptors (Lipinski definition) is 4. The van der Waals surface area contributed by atoms with Gasteiger partial charge < -0.3 is 11.1 Å². The SMILES string of the molecule is CC(=O)Nc1ccc(S(=O)(=O)N2CCCC(C(N)=O)C2)cc1. The number of carbonyl (C=O) groups is 2. The van der Waals surface area contributed by atoms with Crippen molar-refractivity contribution in [3.63, 3.8) is 0 Å². The van der Waals surface area contributed by atoms with Crippen molar-refractivity contribution in [1.29, 1.82) is 0 Å². The van der Waals surface area contributed by atoms with Crippen LogP contribution >= 0.6 is 0 Å². The minimum absolute atomic E-state index is 0.116. The van der Waals surface area contributed by atoms with Gasteiger partial charge in [-0.1, -0.05) is 0 Å². The summed E-state index contributed by atoms with van der Waals surface area (Å²) < 4.78 is 26.4. The van der Waals surface area contributed by atoms with Crippen LogP contribution in [0.25, 0.3) is 0 Å². The summed E-state index contributed by atoms with van der Waals surface area (Å²) in [6.45, 7) is 1.87. The summed E-state index contributed by atoms with van der Waals surface area (Å²) in [6.07, 6.45) is 1.22. The Hall–Kier alpha value is -1.93. The Balaban J connectivity index is 2.19. The molecule has 22 heavy (non-hydrogen) atoms. The van der Waals surface area contributed by atoms with E-state index in [1.807, 2.05) is 0 Å². The highest BCUT2D eigenvalue weighted by Crippen LogP contribution is 2.24. The summed E-state index contributed by atoms with van der Waals surface area (Å²) in [5, 5.41) is 2.58. The molecular weight excluding hydrogens is 306 g/mol. The lowest BCUT2D eigenvalue weighted by molar-refractivity contribution is -0.122. The molecule has 0 aliphatic carbocycles. The van der Waals surface area contributed by atoms with Crippen molar-refractivity contribution >= 4 is 27.5 Å². The van der Waals surface area contributed by atoms with Gasteiger partial charge in [0.1, 0.15) is 0 Å². The van der Waals surface area contributed by atoms with Gasteiger partial charge >= 0.3 is 0 Å². The lowest BCUT2D eigenvalue weighted by Crippen LogP contribution is -2.44. The van der Waals surface area contributed by atoms with Gasteiger partial charge in [-0.3, -0.25) is 9.59 Å². The van der Waals surface area contributed by atoms with Gasteiger partial charge in [-0.25, -0.2) is 8.42 Å². The van der Waals surface area contributed by atoms with E-state index in [0.717, 1.165) is 0 Å². The number of piperidine rings is 1. The highest BCUT2D eigenvalue weighted by atomic mass is 32.2. The van der Waals surface area contributed by atoms with Crippen molar-refractivity contribution < 1.29 is 18.0 Å². The molecule has 8 heteroatoms. The lowest BCUT2D eigenvalue weighted by atomic mass is 9.99. The van der Waals surface area contributed by atoms with E-state index >= 15 is 0 Å². The van der Waals surface area contributed by atoms with E-state index in [1.54, 1.807) is 0 Å². The topological polar surface area (TPSA) is 110 Å². The van der Waals surface area contributed by atoms with Gasteiger partial charge in [-0.2, -0.15) is 4.31 Å². The second-order valence-corrected chi connectivity index (χ2v) is 7.25. The minimum atomic E-state index is -3.66. The maximum atomic E-state index is 12.6. The number of benzene rings is 1. The van der Waals surface area contributed by atoms with Crippen LogP contribution in [-0.2, 0) is 19.6 Å². The van der Waals surface area contributed by atoms with Gasteiger partial charge in [0.05, 0.1) is 10.8 Å². The fourth-order valence-electron chi connectivity index (χ4n) is 2.46. The smallest absolute Gasteiger partial charge is 0.243 e. The van der Waals surface area contributed by atoms with Gasteiger partial charge in [-0.15, -0.1) is 0 Å². The van der Waals surface area contributed by atoms with Crippen LogP contribution in [0.1, 0.15) is 19.8 Å². The fourth-order valence-corrected chi connectivity index (χ4v) is 3.98. The maximum Gasteiger partial charge on any atom is 0.243 e. The number of anilines is 1. The molecule has 1 heterocycles. The van der Waals surface area contributed by atoms with E-state index in [-0.39, 0.29) is 17.3 Å². The first-order valence-electron chi connectivity index (χ1n) is 6.98. The summed E-state index contributed by atoms with van der Waals surface area (Å²) in [4.78, 5) is 22.4. The summed E-state index contributed by atoms with van der Waals surface area (Å²) in [6, 6.07) is 5.94. The molecule has 2 amide bonds. The highest BCUT2D eigenvalue weighted by Gasteiger charge is 2.32. The Kier molecular flexibility index (Phi) is 4.82. The van der Waals surface area contributed by atoms with Crippen molar-refractivity contribution in [2.75, 3.05) is 18.4 Å². The molecule has 1 aromatic rings. The van der Waals surface area contributed by atoms with E-state index < -0.39 is 21.8 Å². The van der Waals surface area contributed by atoms with E-state index in [9.17, 15) is 18.0 Å². The molecule has 0 aromatic heterocycles. The largest absolute Gasteiger partial charge is 0.369 e. The minimum Gasteiger partial charge on any atom is -0.369 e. The van der Waals surface area contributed by atoms with E-state index in [0.29, 0.717) is 25.1 Å². The van der Waals surface area contributed by atoms with Crippen molar-refractivity contribution in [2.24, 2.45) is 11.7 Å². The molecule has 1 fully saturated rings. The number of rotatable bonds is 4. The average molecular weight is 325 g/mol. The van der Waals surface area contributed by atoms with Crippen LogP contribution in [0.15, 0.2) is 29.2 Å². The van der Waals surface area contributed by atoms with Crippen LogP contribution in [-0.4, -0.2) is 37.6 Å². The van der Waals surface area contributed by atoms with Crippen LogP contribution < -0.4 is 11.1 Å². The third-order valence-corrected chi connectivity index (χ3v) is 5.48. The number of nitrogens with zero attached hydrogens (tertiary/aromatic N) is 1. The van der Waals surface area contributed by atoms with E-state index in [4.69, 9.17) is 5.73 Å². The van der Waals surface area contributed by atoms with E-state index in [1.165, 1.54) is 35.5 Å².